The van der Waals surface area contributed by atoms with Crippen LogP contribution in [0.3, 0.4) is 0 Å². The van der Waals surface area contributed by atoms with Gasteiger partial charge < -0.3 is 4.42 Å². The van der Waals surface area contributed by atoms with E-state index in [1.807, 2.05) is 19.9 Å². The van der Waals surface area contributed by atoms with Crippen LogP contribution in [0.15, 0.2) is 51.8 Å². The first kappa shape index (κ1) is 18.8. The van der Waals surface area contributed by atoms with Gasteiger partial charge in [-0.05, 0) is 43.7 Å². The Morgan fingerprint density at radius 1 is 1.04 bits per heavy atom. The van der Waals surface area contributed by atoms with Crippen LogP contribution in [-0.2, 0) is 16.3 Å². The number of carbonyl (C=O) groups is 1. The lowest BCUT2D eigenvalue weighted by Gasteiger charge is -2.04. The van der Waals surface area contributed by atoms with Crippen LogP contribution < -0.4 is 5.32 Å². The lowest BCUT2D eigenvalue weighted by molar-refractivity contribution is 0.102. The highest BCUT2D eigenvalue weighted by Crippen LogP contribution is 2.16. The van der Waals surface area contributed by atoms with Crippen LogP contribution in [0.5, 0.6) is 0 Å². The largest absolute Gasteiger partial charge is 0.407 e. The molecule has 2 aromatic carbocycles. The summed E-state index contributed by atoms with van der Waals surface area (Å²) in [6.07, 6.45) is 1.49. The molecule has 1 aromatic heterocycles. The van der Waals surface area contributed by atoms with Gasteiger partial charge in [-0.15, -0.1) is 5.10 Å². The Bertz CT molecular complexity index is 1070. The predicted molar refractivity (Wildman–Crippen MR) is 101 cm³/mol. The molecule has 8 heteroatoms. The first-order valence-corrected chi connectivity index (χ1v) is 10.1. The van der Waals surface area contributed by atoms with Gasteiger partial charge in [0.05, 0.1) is 11.3 Å². The lowest BCUT2D eigenvalue weighted by Crippen LogP contribution is -2.12. The van der Waals surface area contributed by atoms with Crippen LogP contribution in [0.4, 0.5) is 6.01 Å². The third-order valence-corrected chi connectivity index (χ3v) is 5.01. The summed E-state index contributed by atoms with van der Waals surface area (Å²) in [5, 5.41) is 10.3. The number of anilines is 1. The second kappa shape index (κ2) is 7.32. The standard InChI is InChI=1S/C19H19N3O4S/c1-12-8-13(2)10-15(9-12)18(23)20-19-22-21-17(26-19)11-14-4-6-16(7-5-14)27(3,24)25/h4-10H,11H2,1-3H3,(H,20,22,23). The van der Waals surface area contributed by atoms with Crippen molar-refractivity contribution in [3.63, 3.8) is 0 Å². The van der Waals surface area contributed by atoms with E-state index in [1.165, 1.54) is 12.1 Å². The minimum absolute atomic E-state index is 0.0157. The van der Waals surface area contributed by atoms with E-state index < -0.39 is 9.84 Å². The molecule has 0 saturated carbocycles. The van der Waals surface area contributed by atoms with Gasteiger partial charge in [0.1, 0.15) is 0 Å². The summed E-state index contributed by atoms with van der Waals surface area (Å²) in [5.74, 6) is -0.00710. The van der Waals surface area contributed by atoms with Gasteiger partial charge in [-0.2, -0.15) is 0 Å². The maximum atomic E-state index is 12.3. The molecule has 3 aromatic rings. The molecule has 7 nitrogen and oxygen atoms in total. The van der Waals surface area contributed by atoms with Gasteiger partial charge in [0.15, 0.2) is 9.84 Å². The molecular formula is C19H19N3O4S. The van der Waals surface area contributed by atoms with Crippen molar-refractivity contribution in [2.45, 2.75) is 25.2 Å². The van der Waals surface area contributed by atoms with E-state index in [2.05, 4.69) is 15.5 Å². The minimum atomic E-state index is -3.23. The summed E-state index contributed by atoms with van der Waals surface area (Å²) in [4.78, 5) is 12.6. The summed E-state index contributed by atoms with van der Waals surface area (Å²) in [5.41, 5.74) is 3.31. The number of amides is 1. The molecule has 0 spiro atoms. The zero-order valence-electron chi connectivity index (χ0n) is 15.2. The number of carbonyl (C=O) groups excluding carboxylic acids is 1. The van der Waals surface area contributed by atoms with Crippen molar-refractivity contribution < 1.29 is 17.6 Å². The van der Waals surface area contributed by atoms with E-state index in [4.69, 9.17) is 4.42 Å². The molecule has 0 aliphatic rings. The van der Waals surface area contributed by atoms with E-state index in [0.717, 1.165) is 22.9 Å². The molecule has 0 unspecified atom stereocenters. The van der Waals surface area contributed by atoms with Crippen LogP contribution in [-0.4, -0.2) is 30.8 Å². The normalized spacial score (nSPS) is 11.4. The van der Waals surface area contributed by atoms with Crippen molar-refractivity contribution >= 4 is 21.8 Å². The topological polar surface area (TPSA) is 102 Å². The summed E-state index contributed by atoms with van der Waals surface area (Å²) in [7, 11) is -3.23. The van der Waals surface area contributed by atoms with Crippen molar-refractivity contribution in [2.24, 2.45) is 0 Å². The summed E-state index contributed by atoms with van der Waals surface area (Å²) in [6, 6.07) is 12.0. The fourth-order valence-corrected chi connectivity index (χ4v) is 3.31. The number of nitrogens with one attached hydrogen (secondary N) is 1. The molecule has 0 aliphatic carbocycles. The second-order valence-electron chi connectivity index (χ2n) is 6.42. The van der Waals surface area contributed by atoms with Crippen molar-refractivity contribution in [1.82, 2.24) is 10.2 Å². The number of rotatable bonds is 5. The summed E-state index contributed by atoms with van der Waals surface area (Å²) in [6.45, 7) is 3.84. The lowest BCUT2D eigenvalue weighted by atomic mass is 10.1. The molecular weight excluding hydrogens is 366 g/mol. The van der Waals surface area contributed by atoms with Gasteiger partial charge in [-0.3, -0.25) is 10.1 Å². The number of nitrogens with zero attached hydrogens (tertiary/aromatic N) is 2. The highest BCUT2D eigenvalue weighted by Gasteiger charge is 2.13. The Morgan fingerprint density at radius 3 is 2.26 bits per heavy atom. The van der Waals surface area contributed by atoms with Gasteiger partial charge >= 0.3 is 6.01 Å². The minimum Gasteiger partial charge on any atom is -0.407 e. The van der Waals surface area contributed by atoms with Crippen LogP contribution in [0, 0.1) is 13.8 Å². The summed E-state index contributed by atoms with van der Waals surface area (Å²) < 4.78 is 28.4. The van der Waals surface area contributed by atoms with Crippen LogP contribution in [0.1, 0.15) is 32.9 Å². The van der Waals surface area contributed by atoms with E-state index in [-0.39, 0.29) is 16.8 Å². The van der Waals surface area contributed by atoms with Crippen LogP contribution in [0.2, 0.25) is 0 Å². The Morgan fingerprint density at radius 2 is 1.67 bits per heavy atom. The molecule has 1 N–H and O–H groups in total. The smallest absolute Gasteiger partial charge is 0.322 e. The van der Waals surface area contributed by atoms with E-state index >= 15 is 0 Å². The zero-order chi connectivity index (χ0) is 19.6. The molecule has 0 saturated heterocycles. The quantitative estimate of drug-likeness (QED) is 0.724. The highest BCUT2D eigenvalue weighted by molar-refractivity contribution is 7.90. The second-order valence-corrected chi connectivity index (χ2v) is 8.44. The fourth-order valence-electron chi connectivity index (χ4n) is 2.68. The van der Waals surface area contributed by atoms with Crippen molar-refractivity contribution in [3.8, 4) is 0 Å². The summed E-state index contributed by atoms with van der Waals surface area (Å²) >= 11 is 0. The number of hydrogen-bond acceptors (Lipinski definition) is 6. The fraction of sp³-hybridized carbons (Fsp3) is 0.211. The van der Waals surface area contributed by atoms with Gasteiger partial charge in [0.25, 0.3) is 5.91 Å². The SMILES string of the molecule is Cc1cc(C)cc(C(=O)Nc2nnc(Cc3ccc(S(C)(=O)=O)cc3)o2)c1. The molecule has 1 amide bonds. The Hall–Kier alpha value is -3.00. The van der Waals surface area contributed by atoms with Crippen molar-refractivity contribution in [1.29, 1.82) is 0 Å². The van der Waals surface area contributed by atoms with Gasteiger partial charge in [-0.25, -0.2) is 8.42 Å². The third-order valence-electron chi connectivity index (χ3n) is 3.88. The molecule has 140 valence electrons. The maximum Gasteiger partial charge on any atom is 0.322 e. The molecule has 0 radical (unpaired) electrons. The molecule has 0 bridgehead atoms. The molecule has 1 heterocycles. The van der Waals surface area contributed by atoms with E-state index in [0.29, 0.717) is 17.9 Å². The van der Waals surface area contributed by atoms with Crippen molar-refractivity contribution in [2.75, 3.05) is 11.6 Å². The maximum absolute atomic E-state index is 12.3. The third kappa shape index (κ3) is 4.79. The average molecular weight is 385 g/mol. The Labute approximate surface area is 157 Å². The first-order valence-electron chi connectivity index (χ1n) is 8.22. The van der Waals surface area contributed by atoms with Crippen LogP contribution >= 0.6 is 0 Å². The number of sulfone groups is 1. The van der Waals surface area contributed by atoms with Crippen LogP contribution in [0.25, 0.3) is 0 Å². The molecule has 0 atom stereocenters. The average Bonchev–Trinajstić information content (AvgIpc) is 3.00. The Balaban J connectivity index is 1.68. The van der Waals surface area contributed by atoms with Gasteiger partial charge in [0.2, 0.25) is 5.89 Å². The number of aromatic nitrogens is 2. The zero-order valence-corrected chi connectivity index (χ0v) is 16.0. The number of hydrogen-bond donors (Lipinski definition) is 1. The Kier molecular flexibility index (Phi) is 5.09. The molecule has 27 heavy (non-hydrogen) atoms. The van der Waals surface area contributed by atoms with E-state index in [9.17, 15) is 13.2 Å². The first-order chi connectivity index (χ1) is 12.7. The number of aryl methyl sites for hydroxylation is 2. The van der Waals surface area contributed by atoms with Gasteiger partial charge in [0, 0.05) is 11.8 Å². The highest BCUT2D eigenvalue weighted by atomic mass is 32.2. The number of benzene rings is 2. The van der Waals surface area contributed by atoms with E-state index in [1.54, 1.807) is 24.3 Å². The van der Waals surface area contributed by atoms with Gasteiger partial charge in [-0.1, -0.05) is 34.4 Å². The molecule has 0 fully saturated rings. The molecule has 3 rings (SSSR count). The predicted octanol–water partition coefficient (Wildman–Crippen LogP) is 2.93. The van der Waals surface area contributed by atoms with Crippen molar-refractivity contribution in [3.05, 3.63) is 70.6 Å². The molecule has 0 aliphatic heterocycles. The monoisotopic (exact) mass is 385 g/mol.